The van der Waals surface area contributed by atoms with Crippen LogP contribution in [0.3, 0.4) is 0 Å². The van der Waals surface area contributed by atoms with Gasteiger partial charge in [-0.15, -0.1) is 0 Å². The Hall–Kier alpha value is -0.570. The van der Waals surface area contributed by atoms with Crippen LogP contribution in [0, 0.1) is 5.92 Å². The lowest BCUT2D eigenvalue weighted by Gasteiger charge is -2.38. The zero-order valence-corrected chi connectivity index (χ0v) is 12.4. The summed E-state index contributed by atoms with van der Waals surface area (Å²) in [6, 6.07) is 0.423. The van der Waals surface area contributed by atoms with Crippen LogP contribution in [0.1, 0.15) is 58.8 Å². The van der Waals surface area contributed by atoms with Gasteiger partial charge in [0, 0.05) is 25.0 Å². The van der Waals surface area contributed by atoms with Gasteiger partial charge in [0.15, 0.2) is 0 Å². The molecule has 0 bridgehead atoms. The highest BCUT2D eigenvalue weighted by Gasteiger charge is 2.29. The van der Waals surface area contributed by atoms with Crippen LogP contribution >= 0.6 is 0 Å². The number of likely N-dealkylation sites (N-methyl/N-ethyl adjacent to an activating group) is 1. The molecular weight excluding hydrogens is 224 g/mol. The largest absolute Gasteiger partial charge is 0.338 e. The van der Waals surface area contributed by atoms with Crippen molar-refractivity contribution in [3.8, 4) is 0 Å². The fraction of sp³-hybridized carbons (Fsp3) is 0.933. The third-order valence-electron chi connectivity index (χ3n) is 4.10. The molecular formula is C15H30N2O. The number of carbonyl (C=O) groups is 1. The molecule has 1 amide bonds. The first-order valence-corrected chi connectivity index (χ1v) is 7.69. The average molecular weight is 254 g/mol. The highest BCUT2D eigenvalue weighted by Crippen LogP contribution is 2.22. The van der Waals surface area contributed by atoms with Crippen molar-refractivity contribution in [1.82, 2.24) is 10.2 Å². The van der Waals surface area contributed by atoms with Gasteiger partial charge in [-0.2, -0.15) is 0 Å². The van der Waals surface area contributed by atoms with E-state index in [0.29, 0.717) is 11.9 Å². The van der Waals surface area contributed by atoms with Crippen LogP contribution < -0.4 is 5.32 Å². The van der Waals surface area contributed by atoms with E-state index in [1.54, 1.807) is 0 Å². The molecule has 0 aliphatic carbocycles. The molecule has 2 unspecified atom stereocenters. The summed E-state index contributed by atoms with van der Waals surface area (Å²) >= 11 is 0. The van der Waals surface area contributed by atoms with E-state index in [1.165, 1.54) is 25.7 Å². The number of nitrogens with zero attached hydrogens (tertiary/aromatic N) is 1. The molecule has 1 fully saturated rings. The van der Waals surface area contributed by atoms with Gasteiger partial charge in [-0.1, -0.05) is 26.7 Å². The molecule has 0 radical (unpaired) electrons. The summed E-state index contributed by atoms with van der Waals surface area (Å²) in [5.74, 6) is 0.660. The van der Waals surface area contributed by atoms with Crippen LogP contribution in [-0.4, -0.2) is 37.0 Å². The Kier molecular flexibility index (Phi) is 7.33. The maximum atomic E-state index is 12.6. The predicted molar refractivity (Wildman–Crippen MR) is 76.6 cm³/mol. The lowest BCUT2D eigenvalue weighted by molar-refractivity contribution is -0.139. The maximum Gasteiger partial charge on any atom is 0.225 e. The van der Waals surface area contributed by atoms with Crippen LogP contribution in [0.15, 0.2) is 0 Å². The zero-order valence-electron chi connectivity index (χ0n) is 12.4. The molecule has 0 saturated carbocycles. The molecule has 1 saturated heterocycles. The number of rotatable bonds is 7. The Morgan fingerprint density at radius 3 is 2.78 bits per heavy atom. The van der Waals surface area contributed by atoms with Gasteiger partial charge >= 0.3 is 0 Å². The fourth-order valence-electron chi connectivity index (χ4n) is 2.93. The molecule has 1 rings (SSSR count). The van der Waals surface area contributed by atoms with Crippen molar-refractivity contribution in [2.75, 3.05) is 20.1 Å². The number of amides is 1. The normalized spacial score (nSPS) is 21.9. The molecule has 18 heavy (non-hydrogen) atoms. The molecule has 3 heteroatoms. The first kappa shape index (κ1) is 15.5. The highest BCUT2D eigenvalue weighted by molar-refractivity contribution is 5.79. The van der Waals surface area contributed by atoms with Crippen molar-refractivity contribution in [1.29, 1.82) is 0 Å². The Balaban J connectivity index is 2.59. The smallest absolute Gasteiger partial charge is 0.225 e. The van der Waals surface area contributed by atoms with Gasteiger partial charge < -0.3 is 10.2 Å². The molecule has 106 valence electrons. The third-order valence-corrected chi connectivity index (χ3v) is 4.10. The summed E-state index contributed by atoms with van der Waals surface area (Å²) in [5.41, 5.74) is 0. The summed E-state index contributed by atoms with van der Waals surface area (Å²) in [6.07, 6.45) is 8.02. The van der Waals surface area contributed by atoms with Crippen LogP contribution in [-0.2, 0) is 4.79 Å². The van der Waals surface area contributed by atoms with E-state index < -0.39 is 0 Å². The van der Waals surface area contributed by atoms with Gasteiger partial charge in [0.2, 0.25) is 5.91 Å². The third kappa shape index (κ3) is 4.27. The van der Waals surface area contributed by atoms with Crippen LogP contribution in [0.5, 0.6) is 0 Å². The van der Waals surface area contributed by atoms with E-state index in [9.17, 15) is 4.79 Å². The van der Waals surface area contributed by atoms with Gasteiger partial charge in [0.05, 0.1) is 0 Å². The van der Waals surface area contributed by atoms with Gasteiger partial charge in [-0.25, -0.2) is 0 Å². The van der Waals surface area contributed by atoms with Crippen molar-refractivity contribution < 1.29 is 4.79 Å². The molecule has 2 atom stereocenters. The summed E-state index contributed by atoms with van der Waals surface area (Å²) in [4.78, 5) is 14.8. The minimum atomic E-state index is 0.252. The molecule has 1 aliphatic heterocycles. The number of hydrogen-bond donors (Lipinski definition) is 1. The second-order valence-corrected chi connectivity index (χ2v) is 5.49. The van der Waals surface area contributed by atoms with E-state index in [4.69, 9.17) is 0 Å². The number of carbonyl (C=O) groups excluding carboxylic acids is 1. The Bertz CT molecular complexity index is 241. The topological polar surface area (TPSA) is 32.3 Å². The van der Waals surface area contributed by atoms with Gasteiger partial charge in [-0.3, -0.25) is 4.79 Å². The minimum Gasteiger partial charge on any atom is -0.338 e. The number of nitrogens with one attached hydrogen (secondary N) is 1. The first-order chi connectivity index (χ1) is 8.74. The van der Waals surface area contributed by atoms with Crippen molar-refractivity contribution in [3.05, 3.63) is 0 Å². The minimum absolute atomic E-state index is 0.252. The monoisotopic (exact) mass is 254 g/mol. The van der Waals surface area contributed by atoms with Crippen LogP contribution in [0.4, 0.5) is 0 Å². The highest BCUT2D eigenvalue weighted by atomic mass is 16.2. The predicted octanol–water partition coefficient (Wildman–Crippen LogP) is 2.80. The molecule has 0 spiro atoms. The molecule has 0 aromatic rings. The zero-order chi connectivity index (χ0) is 13.4. The molecule has 1 heterocycles. The van der Waals surface area contributed by atoms with Crippen molar-refractivity contribution in [2.45, 2.75) is 64.8 Å². The Morgan fingerprint density at radius 2 is 2.17 bits per heavy atom. The van der Waals surface area contributed by atoms with Crippen molar-refractivity contribution in [2.24, 2.45) is 5.92 Å². The van der Waals surface area contributed by atoms with E-state index >= 15 is 0 Å². The number of hydrogen-bond acceptors (Lipinski definition) is 2. The van der Waals surface area contributed by atoms with Crippen molar-refractivity contribution >= 4 is 5.91 Å². The summed E-state index contributed by atoms with van der Waals surface area (Å²) in [6.45, 7) is 6.25. The summed E-state index contributed by atoms with van der Waals surface area (Å²) in [7, 11) is 1.98. The molecule has 0 aromatic carbocycles. The second-order valence-electron chi connectivity index (χ2n) is 5.49. The first-order valence-electron chi connectivity index (χ1n) is 7.69. The van der Waals surface area contributed by atoms with Gasteiger partial charge in [0.25, 0.3) is 0 Å². The molecule has 0 aromatic heterocycles. The van der Waals surface area contributed by atoms with Crippen LogP contribution in [0.2, 0.25) is 0 Å². The van der Waals surface area contributed by atoms with E-state index in [1.807, 2.05) is 7.05 Å². The van der Waals surface area contributed by atoms with E-state index in [2.05, 4.69) is 24.1 Å². The second kappa shape index (κ2) is 8.52. The summed E-state index contributed by atoms with van der Waals surface area (Å²) < 4.78 is 0. The lowest BCUT2D eigenvalue weighted by Crippen LogP contribution is -2.50. The summed E-state index contributed by atoms with van der Waals surface area (Å²) in [5, 5.41) is 3.23. The molecule has 3 nitrogen and oxygen atoms in total. The van der Waals surface area contributed by atoms with E-state index in [0.717, 1.165) is 32.4 Å². The van der Waals surface area contributed by atoms with Gasteiger partial charge in [-0.05, 0) is 39.2 Å². The Morgan fingerprint density at radius 1 is 1.39 bits per heavy atom. The number of likely N-dealkylation sites (tertiary alicyclic amines) is 1. The quantitative estimate of drug-likeness (QED) is 0.757. The number of piperidine rings is 1. The molecule has 1 aliphatic rings. The standard InChI is InChI=1S/C15H30N2O/c1-4-6-9-13(5-2)15(18)17-11-8-7-10-14(17)12-16-3/h13-14,16H,4-12H2,1-3H3. The van der Waals surface area contributed by atoms with Crippen molar-refractivity contribution in [3.63, 3.8) is 0 Å². The lowest BCUT2D eigenvalue weighted by atomic mass is 9.94. The molecule has 1 N–H and O–H groups in total. The fourth-order valence-corrected chi connectivity index (χ4v) is 2.93. The van der Waals surface area contributed by atoms with Crippen LogP contribution in [0.25, 0.3) is 0 Å². The maximum absolute atomic E-state index is 12.6. The number of unbranched alkanes of at least 4 members (excludes halogenated alkanes) is 1. The Labute approximate surface area is 112 Å². The van der Waals surface area contributed by atoms with E-state index in [-0.39, 0.29) is 5.92 Å². The average Bonchev–Trinajstić information content (AvgIpc) is 2.40. The SMILES string of the molecule is CCCCC(CC)C(=O)N1CCCCC1CNC. The van der Waals surface area contributed by atoms with Gasteiger partial charge in [0.1, 0.15) is 0 Å².